The Kier molecular flexibility index (Phi) is 10.9. The lowest BCUT2D eigenvalue weighted by molar-refractivity contribution is -0.140. The molecular weight excluding hydrogens is 600 g/mol. The molecule has 0 saturated heterocycles. The molecule has 4 rings (SSSR count). The largest absolute Gasteiger partial charge is 0.352 e. The first-order chi connectivity index (χ1) is 20.0. The first kappa shape index (κ1) is 31.8. The lowest BCUT2D eigenvalue weighted by atomic mass is 9.94. The molecule has 11 heteroatoms. The van der Waals surface area contributed by atoms with Gasteiger partial charge in [-0.05, 0) is 54.3 Å². The van der Waals surface area contributed by atoms with E-state index in [0.29, 0.717) is 5.56 Å². The molecule has 3 aromatic carbocycles. The highest BCUT2D eigenvalue weighted by atomic mass is 35.5. The molecule has 7 nitrogen and oxygen atoms in total. The molecular formula is C31H34Cl2FN3O4S. The Morgan fingerprint density at radius 2 is 1.60 bits per heavy atom. The Hall–Kier alpha value is -3.14. The first-order valence-corrected chi connectivity index (χ1v) is 16.4. The minimum atomic E-state index is -3.95. The van der Waals surface area contributed by atoms with Crippen LogP contribution in [0.3, 0.4) is 0 Å². The number of nitrogens with one attached hydrogen (secondary N) is 1. The Labute approximate surface area is 256 Å². The summed E-state index contributed by atoms with van der Waals surface area (Å²) in [5.41, 5.74) is 1.59. The molecule has 1 fully saturated rings. The van der Waals surface area contributed by atoms with Crippen LogP contribution in [0.15, 0.2) is 72.8 Å². The molecule has 0 radical (unpaired) electrons. The summed E-state index contributed by atoms with van der Waals surface area (Å²) in [4.78, 5) is 29.4. The average Bonchev–Trinajstić information content (AvgIpc) is 2.96. The average molecular weight is 635 g/mol. The molecule has 2 amide bonds. The summed E-state index contributed by atoms with van der Waals surface area (Å²) in [5.74, 6) is -1.35. The highest BCUT2D eigenvalue weighted by Gasteiger charge is 2.34. The summed E-state index contributed by atoms with van der Waals surface area (Å²) in [6.45, 7) is -0.617. The number of halogens is 3. The Morgan fingerprint density at radius 1 is 0.929 bits per heavy atom. The van der Waals surface area contributed by atoms with E-state index in [0.717, 1.165) is 48.2 Å². The summed E-state index contributed by atoms with van der Waals surface area (Å²) in [6.07, 6.45) is 6.05. The SMILES string of the molecule is CS(=O)(=O)N(CC(=O)N(Cc1ccc(F)cc1)[C@@H](Cc1ccccc1)C(=O)NC1CCCCC1)c1ccc(Cl)c(Cl)c1. The zero-order valence-corrected chi connectivity index (χ0v) is 25.6. The third-order valence-corrected chi connectivity index (χ3v) is 9.24. The van der Waals surface area contributed by atoms with E-state index in [1.54, 1.807) is 12.1 Å². The number of hydrogen-bond acceptors (Lipinski definition) is 4. The number of rotatable bonds is 11. The predicted octanol–water partition coefficient (Wildman–Crippen LogP) is 5.99. The number of carbonyl (C=O) groups is 2. The predicted molar refractivity (Wildman–Crippen MR) is 165 cm³/mol. The van der Waals surface area contributed by atoms with Crippen molar-refractivity contribution in [1.82, 2.24) is 10.2 Å². The lowest BCUT2D eigenvalue weighted by Gasteiger charge is -2.35. The smallest absolute Gasteiger partial charge is 0.244 e. The first-order valence-electron chi connectivity index (χ1n) is 13.8. The van der Waals surface area contributed by atoms with Gasteiger partial charge in [0.15, 0.2) is 0 Å². The summed E-state index contributed by atoms with van der Waals surface area (Å²) >= 11 is 12.2. The van der Waals surface area contributed by atoms with E-state index in [-0.39, 0.29) is 40.6 Å². The summed E-state index contributed by atoms with van der Waals surface area (Å²) in [7, 11) is -3.95. The highest BCUT2D eigenvalue weighted by molar-refractivity contribution is 7.92. The van der Waals surface area contributed by atoms with Crippen molar-refractivity contribution in [2.45, 2.75) is 57.2 Å². The maximum atomic E-state index is 14.1. The zero-order valence-electron chi connectivity index (χ0n) is 23.3. The van der Waals surface area contributed by atoms with Gasteiger partial charge in [-0.2, -0.15) is 0 Å². The molecule has 42 heavy (non-hydrogen) atoms. The van der Waals surface area contributed by atoms with Crippen molar-refractivity contribution >= 4 is 50.7 Å². The van der Waals surface area contributed by atoms with Gasteiger partial charge in [0.1, 0.15) is 18.4 Å². The zero-order chi connectivity index (χ0) is 30.3. The fourth-order valence-electron chi connectivity index (χ4n) is 5.14. The van der Waals surface area contributed by atoms with Gasteiger partial charge in [0, 0.05) is 19.0 Å². The van der Waals surface area contributed by atoms with Crippen LogP contribution >= 0.6 is 23.2 Å². The second-order valence-corrected chi connectivity index (χ2v) is 13.3. The number of hydrogen-bond donors (Lipinski definition) is 1. The summed E-state index contributed by atoms with van der Waals surface area (Å²) in [6, 6.07) is 18.3. The van der Waals surface area contributed by atoms with Crippen LogP contribution in [0.25, 0.3) is 0 Å². The van der Waals surface area contributed by atoms with Crippen molar-refractivity contribution in [2.24, 2.45) is 0 Å². The minimum Gasteiger partial charge on any atom is -0.352 e. The molecule has 0 aromatic heterocycles. The highest BCUT2D eigenvalue weighted by Crippen LogP contribution is 2.29. The number of amides is 2. The van der Waals surface area contributed by atoms with Crippen LogP contribution in [0.2, 0.25) is 10.0 Å². The molecule has 1 atom stereocenters. The molecule has 1 aliphatic carbocycles. The third-order valence-electron chi connectivity index (χ3n) is 7.36. The summed E-state index contributed by atoms with van der Waals surface area (Å²) < 4.78 is 40.5. The second kappa shape index (κ2) is 14.4. The minimum absolute atomic E-state index is 0.00368. The van der Waals surface area contributed by atoms with Gasteiger partial charge in [-0.25, -0.2) is 12.8 Å². The number of anilines is 1. The van der Waals surface area contributed by atoms with Crippen LogP contribution in [0.5, 0.6) is 0 Å². The molecule has 0 spiro atoms. The normalized spacial score (nSPS) is 14.7. The molecule has 1 N–H and O–H groups in total. The van der Waals surface area contributed by atoms with Crippen molar-refractivity contribution in [3.63, 3.8) is 0 Å². The van der Waals surface area contributed by atoms with Gasteiger partial charge in [-0.15, -0.1) is 0 Å². The van der Waals surface area contributed by atoms with Gasteiger partial charge in [0.05, 0.1) is 22.0 Å². The van der Waals surface area contributed by atoms with Crippen LogP contribution in [0.1, 0.15) is 43.2 Å². The van der Waals surface area contributed by atoms with Gasteiger partial charge in [-0.1, -0.05) is 84.9 Å². The van der Waals surface area contributed by atoms with Crippen LogP contribution < -0.4 is 9.62 Å². The fraction of sp³-hybridized carbons (Fsp3) is 0.355. The Morgan fingerprint density at radius 3 is 2.21 bits per heavy atom. The summed E-state index contributed by atoms with van der Waals surface area (Å²) in [5, 5.41) is 3.51. The molecule has 1 aliphatic rings. The lowest BCUT2D eigenvalue weighted by Crippen LogP contribution is -2.55. The molecule has 1 saturated carbocycles. The number of benzene rings is 3. The Balaban J connectivity index is 1.72. The van der Waals surface area contributed by atoms with Crippen molar-refractivity contribution in [2.75, 3.05) is 17.1 Å². The maximum Gasteiger partial charge on any atom is 0.244 e. The van der Waals surface area contributed by atoms with Crippen molar-refractivity contribution < 1.29 is 22.4 Å². The van der Waals surface area contributed by atoms with Gasteiger partial charge in [0.2, 0.25) is 21.8 Å². The van der Waals surface area contributed by atoms with Crippen molar-refractivity contribution in [3.8, 4) is 0 Å². The van der Waals surface area contributed by atoms with E-state index in [2.05, 4.69) is 5.32 Å². The van der Waals surface area contributed by atoms with Crippen LogP contribution in [0, 0.1) is 5.82 Å². The molecule has 224 valence electrons. The van der Waals surface area contributed by atoms with E-state index in [1.807, 2.05) is 30.3 Å². The molecule has 0 heterocycles. The van der Waals surface area contributed by atoms with E-state index < -0.39 is 34.3 Å². The fourth-order valence-corrected chi connectivity index (χ4v) is 6.27. The molecule has 3 aromatic rings. The van der Waals surface area contributed by atoms with Gasteiger partial charge in [-0.3, -0.25) is 13.9 Å². The van der Waals surface area contributed by atoms with Crippen LogP contribution in [0.4, 0.5) is 10.1 Å². The quantitative estimate of drug-likeness (QED) is 0.281. The number of nitrogens with zero attached hydrogens (tertiary/aromatic N) is 2. The second-order valence-electron chi connectivity index (χ2n) is 10.6. The van der Waals surface area contributed by atoms with Gasteiger partial charge in [0.25, 0.3) is 0 Å². The van der Waals surface area contributed by atoms with Crippen molar-refractivity contribution in [1.29, 1.82) is 0 Å². The standard InChI is InChI=1S/C31H34Cl2FN3O4S/c1-42(40,41)37(26-16-17-27(32)28(33)19-26)21-30(38)36(20-23-12-14-24(34)15-13-23)29(18-22-8-4-2-5-9-22)31(39)35-25-10-6-3-7-11-25/h2,4-5,8-9,12-17,19,25,29H,3,6-7,10-11,18,20-21H2,1H3,(H,35,39)/t29-/m0/s1. The van der Waals surface area contributed by atoms with Crippen molar-refractivity contribution in [3.05, 3.63) is 99.8 Å². The number of sulfonamides is 1. The Bertz CT molecular complexity index is 1480. The number of carbonyl (C=O) groups excluding carboxylic acids is 2. The van der Waals surface area contributed by atoms with Gasteiger partial charge >= 0.3 is 0 Å². The van der Waals surface area contributed by atoms with E-state index in [4.69, 9.17) is 23.2 Å². The van der Waals surface area contributed by atoms with E-state index in [9.17, 15) is 22.4 Å². The van der Waals surface area contributed by atoms with E-state index in [1.165, 1.54) is 35.2 Å². The molecule has 0 unspecified atom stereocenters. The maximum absolute atomic E-state index is 14.1. The topological polar surface area (TPSA) is 86.8 Å². The van der Waals surface area contributed by atoms with Crippen LogP contribution in [-0.2, 0) is 32.6 Å². The van der Waals surface area contributed by atoms with E-state index >= 15 is 0 Å². The monoisotopic (exact) mass is 633 g/mol. The molecule has 0 bridgehead atoms. The van der Waals surface area contributed by atoms with Crippen LogP contribution in [-0.4, -0.2) is 50.0 Å². The third kappa shape index (κ3) is 8.69. The van der Waals surface area contributed by atoms with Gasteiger partial charge < -0.3 is 10.2 Å². The molecule has 0 aliphatic heterocycles.